The van der Waals surface area contributed by atoms with E-state index in [1.54, 1.807) is 0 Å². The van der Waals surface area contributed by atoms with Crippen molar-refractivity contribution in [3.63, 3.8) is 0 Å². The molecule has 0 amide bonds. The van der Waals surface area contributed by atoms with E-state index in [2.05, 4.69) is 13.8 Å². The maximum atomic E-state index is 6.36. The van der Waals surface area contributed by atoms with Crippen molar-refractivity contribution in [3.05, 3.63) is 0 Å². The van der Waals surface area contributed by atoms with Crippen molar-refractivity contribution in [3.8, 4) is 0 Å². The molecule has 2 nitrogen and oxygen atoms in total. The predicted molar refractivity (Wildman–Crippen MR) is 93.2 cm³/mol. The first-order chi connectivity index (χ1) is 10.4. The van der Waals surface area contributed by atoms with E-state index in [1.807, 2.05) is 0 Å². The second-order valence-corrected chi connectivity index (χ2v) is 9.37. The maximum absolute atomic E-state index is 6.36. The minimum absolute atomic E-state index is 0.403. The van der Waals surface area contributed by atoms with Crippen LogP contribution in [0.3, 0.4) is 0 Å². The monoisotopic (exact) mass is 312 g/mol. The summed E-state index contributed by atoms with van der Waals surface area (Å²) in [5.41, 5.74) is 0. The van der Waals surface area contributed by atoms with Crippen LogP contribution >= 0.6 is 0 Å². The van der Waals surface area contributed by atoms with Gasteiger partial charge in [-0.2, -0.15) is 0 Å². The van der Waals surface area contributed by atoms with Crippen LogP contribution in [0, 0.1) is 0 Å². The third-order valence-electron chi connectivity index (χ3n) is 4.55. The van der Waals surface area contributed by atoms with E-state index in [-0.39, 0.29) is 0 Å². The quantitative estimate of drug-likeness (QED) is 0.320. The molecule has 1 fully saturated rings. The van der Waals surface area contributed by atoms with Gasteiger partial charge in [0.05, 0.1) is 6.10 Å². The molecule has 1 rings (SSSR count). The van der Waals surface area contributed by atoms with E-state index in [0.29, 0.717) is 6.10 Å². The minimum atomic E-state index is -0.970. The van der Waals surface area contributed by atoms with Crippen molar-refractivity contribution in [1.82, 2.24) is 0 Å². The fourth-order valence-corrected chi connectivity index (χ4v) is 5.69. The topological polar surface area (TPSA) is 18.5 Å². The average molecular weight is 312 g/mol. The van der Waals surface area contributed by atoms with Crippen molar-refractivity contribution in [2.24, 2.45) is 0 Å². The van der Waals surface area contributed by atoms with Gasteiger partial charge < -0.3 is 8.53 Å². The van der Waals surface area contributed by atoms with Crippen LogP contribution in [-0.2, 0) is 8.53 Å². The summed E-state index contributed by atoms with van der Waals surface area (Å²) in [5, 5.41) is 2.78. The van der Waals surface area contributed by atoms with Gasteiger partial charge in [-0.3, -0.25) is 0 Å². The first-order valence-corrected chi connectivity index (χ1v) is 11.7. The van der Waals surface area contributed by atoms with Gasteiger partial charge in [-0.05, 0) is 19.3 Å². The van der Waals surface area contributed by atoms with Crippen molar-refractivity contribution in [2.45, 2.75) is 101 Å². The van der Waals surface area contributed by atoms with E-state index in [4.69, 9.17) is 8.53 Å². The molecule has 1 heterocycles. The molecule has 1 aliphatic heterocycles. The number of rotatable bonds is 13. The zero-order valence-electron chi connectivity index (χ0n) is 14.6. The molecule has 1 aliphatic rings. The summed E-state index contributed by atoms with van der Waals surface area (Å²) >= 11 is -0.970. The number of hydrogen-bond donors (Lipinski definition) is 0. The van der Waals surface area contributed by atoms with Crippen LogP contribution < -0.4 is 0 Å². The number of ether oxygens (including phenoxy) is 1. The molecule has 0 spiro atoms. The highest BCUT2D eigenvalue weighted by Gasteiger charge is 2.22. The summed E-state index contributed by atoms with van der Waals surface area (Å²) in [5.74, 6) is 0. The third-order valence-corrected chi connectivity index (χ3v) is 7.32. The van der Waals surface area contributed by atoms with E-state index in [1.165, 1.54) is 81.2 Å². The lowest BCUT2D eigenvalue weighted by atomic mass is 10.1. The molecule has 0 aromatic carbocycles. The largest absolute Gasteiger partial charge is 0.499 e. The van der Waals surface area contributed by atoms with Crippen molar-refractivity contribution in [2.75, 3.05) is 13.2 Å². The van der Waals surface area contributed by atoms with Crippen LogP contribution in [0.2, 0.25) is 10.6 Å². The highest BCUT2D eigenvalue weighted by Crippen LogP contribution is 2.17. The molecule has 124 valence electrons. The Kier molecular flexibility index (Phi) is 13.1. The Morgan fingerprint density at radius 3 is 2.10 bits per heavy atom. The molecule has 0 bridgehead atoms. The first-order valence-electron chi connectivity index (χ1n) is 9.60. The Morgan fingerprint density at radius 1 is 0.905 bits per heavy atom. The van der Waals surface area contributed by atoms with E-state index < -0.39 is 14.5 Å². The number of hydrogen-bond acceptors (Lipinski definition) is 2. The molecular weight excluding hydrogens is 275 g/mol. The van der Waals surface area contributed by atoms with Crippen LogP contribution in [0.1, 0.15) is 84.5 Å². The molecule has 0 aliphatic carbocycles. The van der Waals surface area contributed by atoms with Gasteiger partial charge >= 0.3 is 14.5 Å². The molecule has 1 saturated heterocycles. The van der Waals surface area contributed by atoms with Gasteiger partial charge in [-0.15, -0.1) is 0 Å². The summed E-state index contributed by atoms with van der Waals surface area (Å²) in [6, 6.07) is 0. The first kappa shape index (κ1) is 19.5. The molecule has 0 aromatic rings. The van der Waals surface area contributed by atoms with Gasteiger partial charge in [0.1, 0.15) is 0 Å². The summed E-state index contributed by atoms with van der Waals surface area (Å²) in [4.78, 5) is 0. The van der Waals surface area contributed by atoms with Gasteiger partial charge in [0.25, 0.3) is 0 Å². The lowest BCUT2D eigenvalue weighted by Gasteiger charge is -2.24. The van der Waals surface area contributed by atoms with Gasteiger partial charge in [0.15, 0.2) is 0 Å². The SMILES string of the molecule is CCCCC[CH2][Al]([CH2]CCCCC)[O]CC1CCCCO1. The predicted octanol–water partition coefficient (Wildman–Crippen LogP) is 5.72. The fourth-order valence-electron chi connectivity index (χ4n) is 3.09. The number of unbranched alkanes of at least 4 members (excludes halogenated alkanes) is 6. The van der Waals surface area contributed by atoms with Gasteiger partial charge in [0.2, 0.25) is 0 Å². The summed E-state index contributed by atoms with van der Waals surface area (Å²) < 4.78 is 12.2. The second-order valence-electron chi connectivity index (χ2n) is 6.64. The zero-order chi connectivity index (χ0) is 15.2. The minimum Gasteiger partial charge on any atom is -0.499 e. The van der Waals surface area contributed by atoms with Gasteiger partial charge in [0, 0.05) is 13.2 Å². The van der Waals surface area contributed by atoms with Crippen LogP contribution in [-0.4, -0.2) is 33.8 Å². The Morgan fingerprint density at radius 2 is 1.57 bits per heavy atom. The summed E-state index contributed by atoms with van der Waals surface area (Å²) in [6.07, 6.45) is 15.2. The Bertz CT molecular complexity index is 205. The molecular formula is C18H37AlO2. The summed E-state index contributed by atoms with van der Waals surface area (Å²) in [7, 11) is 0. The molecule has 0 N–H and O–H groups in total. The van der Waals surface area contributed by atoms with Gasteiger partial charge in [-0.25, -0.2) is 0 Å². The lowest BCUT2D eigenvalue weighted by Crippen LogP contribution is -2.29. The molecule has 0 aromatic heterocycles. The van der Waals surface area contributed by atoms with Crippen LogP contribution in [0.5, 0.6) is 0 Å². The van der Waals surface area contributed by atoms with E-state index >= 15 is 0 Å². The van der Waals surface area contributed by atoms with Crippen LogP contribution in [0.4, 0.5) is 0 Å². The van der Waals surface area contributed by atoms with Crippen molar-refractivity contribution in [1.29, 1.82) is 0 Å². The highest BCUT2D eigenvalue weighted by molar-refractivity contribution is 6.51. The molecule has 1 atom stereocenters. The highest BCUT2D eigenvalue weighted by atomic mass is 27.2. The molecule has 0 saturated carbocycles. The lowest BCUT2D eigenvalue weighted by molar-refractivity contribution is -0.0120. The zero-order valence-corrected chi connectivity index (χ0v) is 15.7. The summed E-state index contributed by atoms with van der Waals surface area (Å²) in [6.45, 7) is 6.42. The van der Waals surface area contributed by atoms with E-state index in [9.17, 15) is 0 Å². The normalized spacial score (nSPS) is 18.9. The van der Waals surface area contributed by atoms with Crippen LogP contribution in [0.25, 0.3) is 0 Å². The Hall–Kier alpha value is 0.452. The second kappa shape index (κ2) is 14.1. The van der Waals surface area contributed by atoms with E-state index in [0.717, 1.165) is 13.2 Å². The van der Waals surface area contributed by atoms with Gasteiger partial charge in [-0.1, -0.05) is 75.8 Å². The van der Waals surface area contributed by atoms with Crippen molar-refractivity contribution >= 4 is 14.5 Å². The Balaban J connectivity index is 2.17. The Labute approximate surface area is 137 Å². The van der Waals surface area contributed by atoms with Crippen molar-refractivity contribution < 1.29 is 8.53 Å². The standard InChI is InChI=1S/C6H11O2.2C6H13.Al/c7-5-6-3-1-2-4-8-6;2*1-3-5-6-4-2;/h6H,1-5H2;2*1,3-6H2,2H3;/q-1;;;+1. The molecule has 3 heteroatoms. The maximum Gasteiger partial charge on any atom is 0.460 e. The smallest absolute Gasteiger partial charge is 0.460 e. The molecule has 1 unspecified atom stereocenters. The molecule has 21 heavy (non-hydrogen) atoms. The third kappa shape index (κ3) is 10.7. The van der Waals surface area contributed by atoms with Crippen LogP contribution in [0.15, 0.2) is 0 Å². The fraction of sp³-hybridized carbons (Fsp3) is 1.00. The average Bonchev–Trinajstić information content (AvgIpc) is 2.53. The molecule has 0 radical (unpaired) electrons.